The third-order valence-corrected chi connectivity index (χ3v) is 4.87. The monoisotopic (exact) mass is 401 g/mol. The van der Waals surface area contributed by atoms with E-state index in [0.717, 1.165) is 54.9 Å². The normalized spacial score (nSPS) is 11.2. The molecule has 0 aliphatic heterocycles. The van der Waals surface area contributed by atoms with Gasteiger partial charge in [-0.05, 0) is 42.0 Å². The van der Waals surface area contributed by atoms with Gasteiger partial charge in [-0.15, -0.1) is 0 Å². The van der Waals surface area contributed by atoms with E-state index in [1.54, 1.807) is 0 Å². The van der Waals surface area contributed by atoms with E-state index in [9.17, 15) is 0 Å². The Morgan fingerprint density at radius 1 is 0.733 bits per heavy atom. The Morgan fingerprint density at radius 2 is 1.43 bits per heavy atom. The van der Waals surface area contributed by atoms with Crippen LogP contribution in [-0.2, 0) is 16.1 Å². The lowest BCUT2D eigenvalue weighted by atomic mass is 10.0. The molecule has 0 atom stereocenters. The van der Waals surface area contributed by atoms with E-state index < -0.39 is 0 Å². The van der Waals surface area contributed by atoms with Crippen LogP contribution >= 0.6 is 0 Å². The Hall–Kier alpha value is -2.88. The molecular weight excluding hydrogens is 370 g/mol. The Balaban J connectivity index is 1.25. The number of benzene rings is 3. The van der Waals surface area contributed by atoms with Gasteiger partial charge in [-0.1, -0.05) is 84.9 Å². The van der Waals surface area contributed by atoms with E-state index in [0.29, 0.717) is 13.2 Å². The van der Waals surface area contributed by atoms with Crippen molar-refractivity contribution in [1.82, 2.24) is 0 Å². The molecule has 0 aliphatic rings. The van der Waals surface area contributed by atoms with Crippen molar-refractivity contribution in [3.05, 3.63) is 96.1 Å². The molecule has 0 spiro atoms. The number of unbranched alkanes of at least 4 members (excludes halogenated alkanes) is 2. The molecule has 0 aliphatic carbocycles. The van der Waals surface area contributed by atoms with Crippen molar-refractivity contribution in [3.8, 4) is 11.1 Å². The summed E-state index contributed by atoms with van der Waals surface area (Å²) in [6.07, 6.45) is 7.35. The minimum Gasteiger partial charge on any atom is -0.398 e. The summed E-state index contributed by atoms with van der Waals surface area (Å²) in [6.45, 7) is 2.89. The summed E-state index contributed by atoms with van der Waals surface area (Å²) in [5.41, 5.74) is 11.5. The van der Waals surface area contributed by atoms with Gasteiger partial charge < -0.3 is 15.2 Å². The SMILES string of the molecule is Nc1cc(/C=C/COCCCCCOCc2ccccc2)ccc1-c1ccccc1. The summed E-state index contributed by atoms with van der Waals surface area (Å²) in [5.74, 6) is 0. The number of nitrogens with two attached hydrogens (primary N) is 1. The number of hydrogen-bond acceptors (Lipinski definition) is 3. The molecule has 3 nitrogen and oxygen atoms in total. The highest BCUT2D eigenvalue weighted by Crippen LogP contribution is 2.26. The van der Waals surface area contributed by atoms with E-state index in [1.807, 2.05) is 48.5 Å². The predicted octanol–water partition coefficient (Wildman–Crippen LogP) is 6.35. The zero-order valence-electron chi connectivity index (χ0n) is 17.5. The average Bonchev–Trinajstić information content (AvgIpc) is 2.79. The van der Waals surface area contributed by atoms with Gasteiger partial charge in [-0.2, -0.15) is 0 Å². The summed E-state index contributed by atoms with van der Waals surface area (Å²) in [5, 5.41) is 0. The Kier molecular flexibility index (Phi) is 9.19. The lowest BCUT2D eigenvalue weighted by Gasteiger charge is -2.07. The molecule has 3 aromatic rings. The first-order valence-corrected chi connectivity index (χ1v) is 10.6. The summed E-state index contributed by atoms with van der Waals surface area (Å²) in [6, 6.07) is 26.7. The van der Waals surface area contributed by atoms with Gasteiger partial charge in [0.25, 0.3) is 0 Å². The molecule has 0 aromatic heterocycles. The van der Waals surface area contributed by atoms with Crippen molar-refractivity contribution in [2.24, 2.45) is 0 Å². The van der Waals surface area contributed by atoms with Crippen molar-refractivity contribution >= 4 is 11.8 Å². The largest absolute Gasteiger partial charge is 0.398 e. The van der Waals surface area contributed by atoms with E-state index in [-0.39, 0.29) is 0 Å². The van der Waals surface area contributed by atoms with Crippen molar-refractivity contribution in [1.29, 1.82) is 0 Å². The predicted molar refractivity (Wildman–Crippen MR) is 126 cm³/mol. The quantitative estimate of drug-likeness (QED) is 0.284. The third kappa shape index (κ3) is 7.51. The average molecular weight is 402 g/mol. The fourth-order valence-corrected chi connectivity index (χ4v) is 3.25. The molecule has 0 saturated carbocycles. The summed E-state index contributed by atoms with van der Waals surface area (Å²) in [4.78, 5) is 0. The number of rotatable bonds is 12. The zero-order chi connectivity index (χ0) is 20.9. The summed E-state index contributed by atoms with van der Waals surface area (Å²) < 4.78 is 11.4. The lowest BCUT2D eigenvalue weighted by Crippen LogP contribution is -1.98. The van der Waals surface area contributed by atoms with Crippen molar-refractivity contribution in [2.45, 2.75) is 25.9 Å². The highest BCUT2D eigenvalue weighted by molar-refractivity contribution is 5.78. The molecule has 0 heterocycles. The number of nitrogen functional groups attached to an aromatic ring is 1. The second-order valence-electron chi connectivity index (χ2n) is 7.29. The van der Waals surface area contributed by atoms with Gasteiger partial charge >= 0.3 is 0 Å². The molecule has 3 aromatic carbocycles. The molecule has 3 heteroatoms. The van der Waals surface area contributed by atoms with Crippen LogP contribution in [-0.4, -0.2) is 19.8 Å². The number of ether oxygens (including phenoxy) is 2. The Morgan fingerprint density at radius 3 is 2.17 bits per heavy atom. The minimum absolute atomic E-state index is 0.616. The first-order valence-electron chi connectivity index (χ1n) is 10.6. The van der Waals surface area contributed by atoms with Crippen LogP contribution in [0.15, 0.2) is 84.9 Å². The molecule has 3 rings (SSSR count). The highest BCUT2D eigenvalue weighted by Gasteiger charge is 2.02. The van der Waals surface area contributed by atoms with Crippen LogP contribution in [0.3, 0.4) is 0 Å². The minimum atomic E-state index is 0.616. The highest BCUT2D eigenvalue weighted by atomic mass is 16.5. The second-order valence-corrected chi connectivity index (χ2v) is 7.29. The van der Waals surface area contributed by atoms with Crippen LogP contribution < -0.4 is 5.73 Å². The van der Waals surface area contributed by atoms with E-state index >= 15 is 0 Å². The topological polar surface area (TPSA) is 44.5 Å². The van der Waals surface area contributed by atoms with Crippen LogP contribution in [0.5, 0.6) is 0 Å². The molecule has 2 N–H and O–H groups in total. The molecule has 0 radical (unpaired) electrons. The fraction of sp³-hybridized carbons (Fsp3) is 0.259. The van der Waals surface area contributed by atoms with Gasteiger partial charge in [0, 0.05) is 24.5 Å². The molecule has 0 saturated heterocycles. The lowest BCUT2D eigenvalue weighted by molar-refractivity contribution is 0.111. The van der Waals surface area contributed by atoms with Gasteiger partial charge in [0.1, 0.15) is 0 Å². The Labute approximate surface area is 180 Å². The summed E-state index contributed by atoms with van der Waals surface area (Å²) >= 11 is 0. The van der Waals surface area contributed by atoms with Crippen LogP contribution in [0.2, 0.25) is 0 Å². The molecular formula is C27H31NO2. The van der Waals surface area contributed by atoms with E-state index in [1.165, 1.54) is 5.56 Å². The molecule has 0 bridgehead atoms. The number of anilines is 1. The molecule has 0 fully saturated rings. The Bertz CT molecular complexity index is 891. The van der Waals surface area contributed by atoms with Gasteiger partial charge in [0.05, 0.1) is 13.2 Å². The smallest absolute Gasteiger partial charge is 0.0716 e. The first-order chi connectivity index (χ1) is 14.8. The second kappa shape index (κ2) is 12.6. The van der Waals surface area contributed by atoms with E-state index in [4.69, 9.17) is 15.2 Å². The molecule has 156 valence electrons. The van der Waals surface area contributed by atoms with Crippen molar-refractivity contribution in [2.75, 3.05) is 25.6 Å². The van der Waals surface area contributed by atoms with Crippen LogP contribution in [0, 0.1) is 0 Å². The zero-order valence-corrected chi connectivity index (χ0v) is 17.5. The maximum atomic E-state index is 6.23. The van der Waals surface area contributed by atoms with Crippen LogP contribution in [0.1, 0.15) is 30.4 Å². The molecule has 0 amide bonds. The van der Waals surface area contributed by atoms with Crippen molar-refractivity contribution in [3.63, 3.8) is 0 Å². The fourth-order valence-electron chi connectivity index (χ4n) is 3.25. The molecule has 30 heavy (non-hydrogen) atoms. The maximum Gasteiger partial charge on any atom is 0.0716 e. The van der Waals surface area contributed by atoms with Crippen molar-refractivity contribution < 1.29 is 9.47 Å². The van der Waals surface area contributed by atoms with Gasteiger partial charge in [-0.25, -0.2) is 0 Å². The summed E-state index contributed by atoms with van der Waals surface area (Å²) in [7, 11) is 0. The number of hydrogen-bond donors (Lipinski definition) is 1. The third-order valence-electron chi connectivity index (χ3n) is 4.87. The van der Waals surface area contributed by atoms with Crippen LogP contribution in [0.25, 0.3) is 17.2 Å². The van der Waals surface area contributed by atoms with E-state index in [2.05, 4.69) is 42.5 Å². The van der Waals surface area contributed by atoms with Gasteiger partial charge in [0.2, 0.25) is 0 Å². The first kappa shape index (κ1) is 21.8. The van der Waals surface area contributed by atoms with Crippen LogP contribution in [0.4, 0.5) is 5.69 Å². The standard InChI is InChI=1S/C27H31NO2/c28-27-21-23(16-17-26(27)25-14-6-2-7-15-25)13-10-20-29-18-8-3-9-19-30-22-24-11-4-1-5-12-24/h1-2,4-7,10-17,21H,3,8-9,18-20,22,28H2/b13-10+. The maximum absolute atomic E-state index is 6.23. The van der Waals surface area contributed by atoms with Gasteiger partial charge in [0.15, 0.2) is 0 Å². The molecule has 0 unspecified atom stereocenters. The van der Waals surface area contributed by atoms with Gasteiger partial charge in [-0.3, -0.25) is 0 Å².